The molecule has 0 aliphatic rings. The van der Waals surface area contributed by atoms with E-state index in [2.05, 4.69) is 18.0 Å². The smallest absolute Gasteiger partial charge is 0.211 e. The molecule has 2 nitrogen and oxygen atoms in total. The molecule has 0 unspecified atom stereocenters. The van der Waals surface area contributed by atoms with E-state index in [-0.39, 0.29) is 6.04 Å². The van der Waals surface area contributed by atoms with E-state index in [1.54, 1.807) is 6.08 Å². The monoisotopic (exact) mass is 189 g/mol. The summed E-state index contributed by atoms with van der Waals surface area (Å²) in [4.78, 5) is 14.1. The molecule has 0 aliphatic heterocycles. The van der Waals surface area contributed by atoms with Crippen LogP contribution in [0.1, 0.15) is 36.9 Å². The molecule has 0 saturated heterocycles. The van der Waals surface area contributed by atoms with Gasteiger partial charge >= 0.3 is 0 Å². The first-order valence-electron chi connectivity index (χ1n) is 4.91. The number of benzene rings is 1. The molecule has 0 heterocycles. The summed E-state index contributed by atoms with van der Waals surface area (Å²) in [6, 6.07) is 8.09. The molecule has 74 valence electrons. The normalized spacial score (nSPS) is 11.9. The summed E-state index contributed by atoms with van der Waals surface area (Å²) >= 11 is 0. The third kappa shape index (κ3) is 2.82. The zero-order valence-electron chi connectivity index (χ0n) is 8.66. The van der Waals surface area contributed by atoms with Gasteiger partial charge in [-0.05, 0) is 18.9 Å². The summed E-state index contributed by atoms with van der Waals surface area (Å²) < 4.78 is 0. The van der Waals surface area contributed by atoms with Gasteiger partial charge < -0.3 is 0 Å². The Balaban J connectivity index is 2.92. The number of nitrogens with zero attached hydrogens (tertiary/aromatic N) is 1. The molecule has 0 aliphatic carbocycles. The second-order valence-electron chi connectivity index (χ2n) is 3.44. The Morgan fingerprint density at radius 2 is 2.29 bits per heavy atom. The summed E-state index contributed by atoms with van der Waals surface area (Å²) in [5.41, 5.74) is 2.31. The first-order chi connectivity index (χ1) is 6.77. The van der Waals surface area contributed by atoms with Crippen molar-refractivity contribution in [1.29, 1.82) is 0 Å². The number of aliphatic imine (C=N–C) groups is 1. The molecule has 0 amide bonds. The second-order valence-corrected chi connectivity index (χ2v) is 3.44. The van der Waals surface area contributed by atoms with Gasteiger partial charge in [0.2, 0.25) is 6.08 Å². The van der Waals surface area contributed by atoms with Crippen molar-refractivity contribution >= 4 is 6.08 Å². The predicted molar refractivity (Wildman–Crippen MR) is 56.9 cm³/mol. The largest absolute Gasteiger partial charge is 0.235 e. The highest BCUT2D eigenvalue weighted by Crippen LogP contribution is 2.22. The SMILES string of the molecule is CCC[C@@H](N=C=O)c1cccc(C)c1. The Hall–Kier alpha value is -1.40. The first-order valence-corrected chi connectivity index (χ1v) is 4.91. The van der Waals surface area contributed by atoms with Crippen molar-refractivity contribution in [1.82, 2.24) is 0 Å². The molecule has 0 saturated carbocycles. The summed E-state index contributed by atoms with van der Waals surface area (Å²) in [7, 11) is 0. The van der Waals surface area contributed by atoms with Gasteiger partial charge in [-0.2, -0.15) is 4.99 Å². The predicted octanol–water partition coefficient (Wildman–Crippen LogP) is 3.17. The summed E-state index contributed by atoms with van der Waals surface area (Å²) in [5, 5.41) is 0. The van der Waals surface area contributed by atoms with E-state index >= 15 is 0 Å². The van der Waals surface area contributed by atoms with E-state index in [1.165, 1.54) is 5.56 Å². The minimum Gasteiger partial charge on any atom is -0.211 e. The van der Waals surface area contributed by atoms with Crippen LogP contribution in [0.15, 0.2) is 29.3 Å². The van der Waals surface area contributed by atoms with Crippen molar-refractivity contribution in [3.8, 4) is 0 Å². The van der Waals surface area contributed by atoms with Crippen LogP contribution in [0.4, 0.5) is 0 Å². The third-order valence-corrected chi connectivity index (χ3v) is 2.20. The minimum atomic E-state index is -0.0163. The lowest BCUT2D eigenvalue weighted by Crippen LogP contribution is -1.95. The quantitative estimate of drug-likeness (QED) is 0.528. The zero-order chi connectivity index (χ0) is 10.4. The van der Waals surface area contributed by atoms with E-state index in [0.29, 0.717) is 0 Å². The van der Waals surface area contributed by atoms with E-state index in [4.69, 9.17) is 0 Å². The van der Waals surface area contributed by atoms with Crippen LogP contribution < -0.4 is 0 Å². The summed E-state index contributed by atoms with van der Waals surface area (Å²) in [6.07, 6.45) is 3.56. The number of aryl methyl sites for hydroxylation is 1. The molecular formula is C12H15NO. The lowest BCUT2D eigenvalue weighted by Gasteiger charge is -2.09. The van der Waals surface area contributed by atoms with Gasteiger partial charge in [0, 0.05) is 0 Å². The van der Waals surface area contributed by atoms with Crippen molar-refractivity contribution in [3.05, 3.63) is 35.4 Å². The first kappa shape index (κ1) is 10.7. The molecule has 2 heteroatoms. The minimum absolute atomic E-state index is 0.0163. The Labute approximate surface area is 84.7 Å². The third-order valence-electron chi connectivity index (χ3n) is 2.20. The topological polar surface area (TPSA) is 29.4 Å². The number of hydrogen-bond acceptors (Lipinski definition) is 2. The van der Waals surface area contributed by atoms with Gasteiger partial charge in [-0.3, -0.25) is 0 Å². The molecule has 14 heavy (non-hydrogen) atoms. The summed E-state index contributed by atoms with van der Waals surface area (Å²) in [6.45, 7) is 4.13. The van der Waals surface area contributed by atoms with Crippen LogP contribution in [0.5, 0.6) is 0 Å². The van der Waals surface area contributed by atoms with Gasteiger partial charge in [-0.1, -0.05) is 43.2 Å². The average molecular weight is 189 g/mol. The second kappa shape index (κ2) is 5.36. The number of isocyanates is 1. The van der Waals surface area contributed by atoms with Crippen LogP contribution >= 0.6 is 0 Å². The van der Waals surface area contributed by atoms with Crippen molar-refractivity contribution in [3.63, 3.8) is 0 Å². The number of rotatable bonds is 4. The van der Waals surface area contributed by atoms with Crippen LogP contribution in [0, 0.1) is 6.92 Å². The maximum Gasteiger partial charge on any atom is 0.235 e. The molecule has 1 aromatic carbocycles. The lowest BCUT2D eigenvalue weighted by molar-refractivity contribution is 0.552. The van der Waals surface area contributed by atoms with Crippen molar-refractivity contribution < 1.29 is 4.79 Å². The van der Waals surface area contributed by atoms with Gasteiger partial charge in [0.1, 0.15) is 0 Å². The van der Waals surface area contributed by atoms with Crippen LogP contribution in [0.3, 0.4) is 0 Å². The standard InChI is InChI=1S/C12H15NO/c1-3-5-12(13-9-14)11-7-4-6-10(2)8-11/h4,6-8,12H,3,5H2,1-2H3/t12-/m1/s1. The van der Waals surface area contributed by atoms with Gasteiger partial charge in [0.25, 0.3) is 0 Å². The van der Waals surface area contributed by atoms with E-state index in [9.17, 15) is 4.79 Å². The van der Waals surface area contributed by atoms with Crippen molar-refractivity contribution in [2.45, 2.75) is 32.7 Å². The van der Waals surface area contributed by atoms with Crippen LogP contribution in [0.25, 0.3) is 0 Å². The zero-order valence-corrected chi connectivity index (χ0v) is 8.66. The highest BCUT2D eigenvalue weighted by molar-refractivity contribution is 5.36. The molecule has 0 N–H and O–H groups in total. The molecule has 0 aromatic heterocycles. The van der Waals surface area contributed by atoms with Gasteiger partial charge in [-0.25, -0.2) is 4.79 Å². The molecule has 0 spiro atoms. The molecule has 1 atom stereocenters. The molecular weight excluding hydrogens is 174 g/mol. The maximum atomic E-state index is 10.3. The van der Waals surface area contributed by atoms with Gasteiger partial charge in [0.05, 0.1) is 6.04 Å². The molecule has 0 bridgehead atoms. The lowest BCUT2D eigenvalue weighted by atomic mass is 10.0. The van der Waals surface area contributed by atoms with Crippen molar-refractivity contribution in [2.24, 2.45) is 4.99 Å². The Bertz CT molecular complexity index is 340. The van der Waals surface area contributed by atoms with Crippen molar-refractivity contribution in [2.75, 3.05) is 0 Å². The van der Waals surface area contributed by atoms with E-state index in [1.807, 2.05) is 25.1 Å². The Morgan fingerprint density at radius 1 is 1.50 bits per heavy atom. The highest BCUT2D eigenvalue weighted by atomic mass is 16.1. The fraction of sp³-hybridized carbons (Fsp3) is 0.417. The molecule has 1 rings (SSSR count). The molecule has 1 aromatic rings. The average Bonchev–Trinajstić information content (AvgIpc) is 2.17. The summed E-state index contributed by atoms with van der Waals surface area (Å²) in [5.74, 6) is 0. The Morgan fingerprint density at radius 3 is 2.86 bits per heavy atom. The van der Waals surface area contributed by atoms with Gasteiger partial charge in [0.15, 0.2) is 0 Å². The van der Waals surface area contributed by atoms with E-state index in [0.717, 1.165) is 18.4 Å². The number of carbonyl (C=O) groups excluding carboxylic acids is 1. The van der Waals surface area contributed by atoms with E-state index < -0.39 is 0 Å². The fourth-order valence-electron chi connectivity index (χ4n) is 1.52. The highest BCUT2D eigenvalue weighted by Gasteiger charge is 2.08. The molecule has 0 radical (unpaired) electrons. The van der Waals surface area contributed by atoms with Crippen LogP contribution in [0.2, 0.25) is 0 Å². The maximum absolute atomic E-state index is 10.3. The van der Waals surface area contributed by atoms with Crippen LogP contribution in [-0.4, -0.2) is 6.08 Å². The molecule has 0 fully saturated rings. The van der Waals surface area contributed by atoms with Crippen LogP contribution in [-0.2, 0) is 4.79 Å². The number of hydrogen-bond donors (Lipinski definition) is 0. The van der Waals surface area contributed by atoms with Gasteiger partial charge in [-0.15, -0.1) is 0 Å². The fourth-order valence-corrected chi connectivity index (χ4v) is 1.52. The Kier molecular flexibility index (Phi) is 4.09.